The second kappa shape index (κ2) is 34.1. The van der Waals surface area contributed by atoms with Crippen LogP contribution in [0.2, 0.25) is 0 Å². The number of carboxylic acid groups (broad SMARTS) is 1. The van der Waals surface area contributed by atoms with Gasteiger partial charge in [0.1, 0.15) is 53.1 Å². The molecule has 0 spiro atoms. The van der Waals surface area contributed by atoms with Crippen LogP contribution in [0.1, 0.15) is 115 Å². The number of H-pyrrole nitrogens is 2. The fourth-order valence-electron chi connectivity index (χ4n) is 14.0. The van der Waals surface area contributed by atoms with Gasteiger partial charge in [-0.2, -0.15) is 13.8 Å². The molecule has 14 atom stereocenters. The number of esters is 3. The molecule has 5 aliphatic rings. The fourth-order valence-corrected chi connectivity index (χ4v) is 14.7. The van der Waals surface area contributed by atoms with E-state index in [1.807, 2.05) is 24.3 Å². The summed E-state index contributed by atoms with van der Waals surface area (Å²) in [5.74, 6) is -8.51. The summed E-state index contributed by atoms with van der Waals surface area (Å²) in [5.41, 5.74) is 5.08. The van der Waals surface area contributed by atoms with Crippen LogP contribution in [0.3, 0.4) is 0 Å². The number of alkyl halides is 4. The number of fused-ring (bicyclic) bond motifs is 6. The van der Waals surface area contributed by atoms with Gasteiger partial charge in [0.2, 0.25) is 12.2 Å². The van der Waals surface area contributed by atoms with E-state index >= 15 is 0 Å². The number of halogens is 4. The monoisotopic (exact) mass is 1540 g/mol. The molecular formula is C71H88Cl2F2N10O20S. The number of hydrogen-bond acceptors (Lipinski definition) is 26. The average Bonchev–Trinajstić information content (AvgIpc) is 0.945. The van der Waals surface area contributed by atoms with Crippen molar-refractivity contribution in [3.63, 3.8) is 0 Å². The Bertz CT molecular complexity index is 4260. The summed E-state index contributed by atoms with van der Waals surface area (Å²) < 4.78 is 62.6. The molecule has 1 amide bonds. The third kappa shape index (κ3) is 17.8. The number of aliphatic hydroxyl groups excluding tert-OH is 5. The smallest absolute Gasteiger partial charge is 0.408 e. The van der Waals surface area contributed by atoms with Crippen LogP contribution in [-0.4, -0.2) is 211 Å². The molecule has 5 heterocycles. The van der Waals surface area contributed by atoms with Crippen LogP contribution in [0.4, 0.5) is 31.0 Å². The Hall–Kier alpha value is -8.61. The first kappa shape index (κ1) is 83.0. The molecule has 106 heavy (non-hydrogen) atoms. The number of carbonyl (C=O) groups is 6. The molecule has 2 aliphatic heterocycles. The number of hydrogen-bond donors (Lipinski definition) is 12. The number of nitrogens with two attached hydrogens (primary N) is 2. The Kier molecular flexibility index (Phi) is 26.7. The van der Waals surface area contributed by atoms with E-state index in [2.05, 4.69) is 35.1 Å². The van der Waals surface area contributed by atoms with Crippen LogP contribution in [0, 0.1) is 21.4 Å². The molecule has 2 saturated carbocycles. The first-order chi connectivity index (χ1) is 49.8. The number of nitrogens with zero attached hydrogens (tertiary/aromatic N) is 5. The second-order valence-electron chi connectivity index (χ2n) is 27.8. The summed E-state index contributed by atoms with van der Waals surface area (Å²) in [6.45, 7) is 12.5. The summed E-state index contributed by atoms with van der Waals surface area (Å²) >= 11 is 16.5. The number of nitrogens with one attached hydrogen (secondary N) is 3. The second-order valence-corrected chi connectivity index (χ2v) is 28.9. The molecule has 11 rings (SSSR count). The highest BCUT2D eigenvalue weighted by Crippen LogP contribution is 2.64. The average molecular weight is 1540 g/mol. The topological polar surface area (TPSA) is 459 Å². The van der Waals surface area contributed by atoms with Gasteiger partial charge in [0.05, 0.1) is 48.6 Å². The Morgan fingerprint density at radius 2 is 1.56 bits per heavy atom. The highest BCUT2D eigenvalue weighted by Gasteiger charge is 2.78. The van der Waals surface area contributed by atoms with Crippen LogP contribution in [-0.2, 0) is 54.0 Å². The SMILES string of the molecule is CC(=O)O[C@@]12CO[C@@H]1C[C@H](O)[C@@]1(C)C(=O)[C@H](O)C3=C(C)C(OC(=O)[C@H](O)[C@@H](NC(=O)OC(C)(C)C)c4ccccc4)C[C@@](O)(C(OC(=O)c4ccccc4)C12)C3(C)C.Nc1ccn([C@@H]2O[C@H](CO)[C@@H](O)C2(F)F)c(=O)n1.Nc1nc(=S)c2[nH]cnc2[nH]1.O=C(O)CCCc1ccc(N(CCCl)CCCl)cc1. The van der Waals surface area contributed by atoms with E-state index in [-0.39, 0.29) is 47.9 Å². The highest BCUT2D eigenvalue weighted by molar-refractivity contribution is 7.71. The summed E-state index contributed by atoms with van der Waals surface area (Å²) in [4.78, 5) is 110. The zero-order valence-corrected chi connectivity index (χ0v) is 61.5. The highest BCUT2D eigenvalue weighted by atomic mass is 35.5. The van der Waals surface area contributed by atoms with Crippen molar-refractivity contribution in [3.05, 3.63) is 146 Å². The third-order valence-corrected chi connectivity index (χ3v) is 20.1. The number of imidazole rings is 1. The molecule has 2 saturated heterocycles. The molecule has 3 aromatic heterocycles. The Morgan fingerprint density at radius 3 is 2.11 bits per heavy atom. The number of nitrogen functional groups attached to an aromatic ring is 2. The number of anilines is 3. The number of ketones is 1. The van der Waals surface area contributed by atoms with Gasteiger partial charge in [0, 0.05) is 68.3 Å². The molecule has 14 N–H and O–H groups in total. The fraction of sp³-hybridized carbons (Fsp3) is 0.507. The zero-order valence-electron chi connectivity index (χ0n) is 59.2. The first-order valence-electron chi connectivity index (χ1n) is 33.7. The van der Waals surface area contributed by atoms with Gasteiger partial charge in [0.25, 0.3) is 0 Å². The van der Waals surface area contributed by atoms with E-state index in [1.54, 1.807) is 83.1 Å². The predicted molar refractivity (Wildman–Crippen MR) is 383 cm³/mol. The maximum atomic E-state index is 14.9. The van der Waals surface area contributed by atoms with Gasteiger partial charge < -0.3 is 95.8 Å². The lowest BCUT2D eigenvalue weighted by molar-refractivity contribution is -0.346. The minimum Gasteiger partial charge on any atom is -0.481 e. The van der Waals surface area contributed by atoms with Crippen molar-refractivity contribution >= 4 is 99.8 Å². The molecule has 35 heteroatoms. The van der Waals surface area contributed by atoms with Gasteiger partial charge in [-0.15, -0.1) is 23.2 Å². The number of rotatable bonds is 19. The number of Topliss-reactive ketones (excluding diaryl/α,β-unsaturated/α-hetero) is 1. The Morgan fingerprint density at radius 1 is 0.925 bits per heavy atom. The number of carbonyl (C=O) groups excluding carboxylic acids is 5. The Balaban J connectivity index is 0.000000235. The van der Waals surface area contributed by atoms with Crippen LogP contribution in [0.5, 0.6) is 0 Å². The van der Waals surface area contributed by atoms with E-state index < -0.39 is 155 Å². The summed E-state index contributed by atoms with van der Waals surface area (Å²) in [7, 11) is 0. The van der Waals surface area contributed by atoms with Crippen molar-refractivity contribution in [2.75, 3.05) is 54.4 Å². The molecular weight excluding hydrogens is 1450 g/mol. The number of alkyl carbamates (subject to hydrolysis) is 1. The summed E-state index contributed by atoms with van der Waals surface area (Å²) in [5, 5.41) is 78.3. The summed E-state index contributed by atoms with van der Waals surface area (Å²) in [6, 6.07) is 23.9. The van der Waals surface area contributed by atoms with E-state index in [9.17, 15) is 67.9 Å². The predicted octanol–water partition coefficient (Wildman–Crippen LogP) is 5.95. The van der Waals surface area contributed by atoms with Gasteiger partial charge >= 0.3 is 41.6 Å². The minimum absolute atomic E-state index is 0.0637. The maximum absolute atomic E-state index is 14.9. The third-order valence-electron chi connectivity index (χ3n) is 19.4. The van der Waals surface area contributed by atoms with Gasteiger partial charge in [0.15, 0.2) is 33.9 Å². The lowest BCUT2D eigenvalue weighted by Crippen LogP contribution is -2.81. The number of aliphatic hydroxyl groups is 6. The van der Waals surface area contributed by atoms with Crippen molar-refractivity contribution in [1.29, 1.82) is 0 Å². The van der Waals surface area contributed by atoms with Gasteiger partial charge in [-0.1, -0.05) is 86.7 Å². The van der Waals surface area contributed by atoms with E-state index in [4.69, 9.17) is 85.5 Å². The normalized spacial score (nSPS) is 26.6. The molecule has 0 radical (unpaired) electrons. The van der Waals surface area contributed by atoms with Gasteiger partial charge in [-0.3, -0.25) is 19.0 Å². The number of amides is 1. The van der Waals surface area contributed by atoms with E-state index in [0.717, 1.165) is 49.9 Å². The van der Waals surface area contributed by atoms with Crippen molar-refractivity contribution in [1.82, 2.24) is 34.8 Å². The minimum atomic E-state index is -3.71. The summed E-state index contributed by atoms with van der Waals surface area (Å²) in [6.07, 6.45) is -13.0. The van der Waals surface area contributed by atoms with Crippen LogP contribution >= 0.6 is 35.4 Å². The molecule has 576 valence electrons. The van der Waals surface area contributed by atoms with Gasteiger partial charge in [-0.25, -0.2) is 29.1 Å². The molecule has 30 nitrogen and oxygen atoms in total. The van der Waals surface area contributed by atoms with E-state index in [0.29, 0.717) is 44.1 Å². The number of aromatic nitrogens is 6. The maximum Gasteiger partial charge on any atom is 0.408 e. The molecule has 3 aromatic carbocycles. The Labute approximate surface area is 622 Å². The number of benzene rings is 3. The standard InChI is InChI=1S/C43H53NO14.C14H19Cl2NO2.C9H11F2N3O4.C5H5N5S/c1-22-26(55-37(51)32(48)30(24-15-11-9-12-16-24)44-38(52)58-39(3,4)5)20-43(53)35(56-36(50)25-17-13-10-14-18-25)33-41(8,34(49)31(47)29(22)40(43,6)7)27(46)19-28-42(33,21-54-28)57-23(2)45;15-8-10-17(11-9-16)13-6-4-12(5-7-13)2-1-3-14(18)19;10-9(11)6(16)4(3-15)18-7(9)14-2-1-5(12)13-8(14)17;6-5-9-3-2(4(11)10-5)7-1-8-3/h9-18,26-28,30-33,35,46-48,53H,19-21H2,1-8H3,(H,44,52);4-7H,1-3,8-11H2,(H,18,19);1-2,4,6-7,15-16H,3H2,(H2,12,13,17);1H,(H4,6,7,8,9,10,11)/t26?,27-,28+,30-,31+,32+,33?,35?,41+,42-,43+;;4-,6-,7-;/m0.1./s1. The number of ether oxygens (including phenoxy) is 6. The molecule has 3 aliphatic carbocycles. The quantitative estimate of drug-likeness (QED) is 0.0147. The lowest BCUT2D eigenvalue weighted by atomic mass is 9.44. The molecule has 6 aromatic rings. The van der Waals surface area contributed by atoms with Crippen molar-refractivity contribution in [2.45, 2.75) is 171 Å². The molecule has 4 fully saturated rings. The number of carboxylic acids is 1. The largest absolute Gasteiger partial charge is 0.481 e. The van der Waals surface area contributed by atoms with Crippen LogP contribution in [0.25, 0.3) is 11.2 Å². The van der Waals surface area contributed by atoms with Crippen molar-refractivity contribution in [3.8, 4) is 0 Å². The van der Waals surface area contributed by atoms with E-state index in [1.165, 1.54) is 32.3 Å². The zero-order chi connectivity index (χ0) is 78.2. The van der Waals surface area contributed by atoms with Gasteiger partial charge in [-0.05, 0) is 100 Å². The first-order valence-corrected chi connectivity index (χ1v) is 35.2. The lowest BCUT2D eigenvalue weighted by Gasteiger charge is -2.67. The van der Waals surface area contributed by atoms with Crippen LogP contribution in [0.15, 0.2) is 119 Å². The molecule has 2 bridgehead atoms. The number of aryl methyl sites for hydroxylation is 1. The number of aromatic amines is 2. The number of aliphatic carboxylic acids is 1. The van der Waals surface area contributed by atoms with Crippen molar-refractivity contribution in [2.24, 2.45) is 16.7 Å². The molecule has 3 unspecified atom stereocenters. The van der Waals surface area contributed by atoms with Crippen LogP contribution < -0.4 is 27.4 Å². The van der Waals surface area contributed by atoms with Crippen molar-refractivity contribution < 1.29 is 102 Å².